The lowest BCUT2D eigenvalue weighted by atomic mass is 10.0. The van der Waals surface area contributed by atoms with E-state index in [0.29, 0.717) is 21.8 Å². The summed E-state index contributed by atoms with van der Waals surface area (Å²) in [5.41, 5.74) is 7.26. The third kappa shape index (κ3) is 2.85. The zero-order chi connectivity index (χ0) is 13.3. The normalized spacial score (nSPS) is 20.5. The maximum Gasteiger partial charge on any atom is 0.0747 e. The number of benzene rings is 1. The maximum atomic E-state index is 6.28. The van der Waals surface area contributed by atoms with Crippen LogP contribution in [0.25, 0.3) is 0 Å². The first kappa shape index (κ1) is 13.8. The Morgan fingerprint density at radius 2 is 1.89 bits per heavy atom. The number of rotatable bonds is 2. The number of nitrogen functional groups attached to an aromatic ring is 1. The van der Waals surface area contributed by atoms with Crippen LogP contribution in [0.3, 0.4) is 0 Å². The molecule has 0 bridgehead atoms. The predicted octanol–water partition coefficient (Wildman–Crippen LogP) is 3.11. The average molecular weight is 288 g/mol. The van der Waals surface area contributed by atoms with E-state index in [1.165, 1.54) is 6.42 Å². The van der Waals surface area contributed by atoms with Crippen LogP contribution in [0.5, 0.6) is 0 Å². The van der Waals surface area contributed by atoms with Crippen LogP contribution in [0.2, 0.25) is 10.0 Å². The molecule has 3 nitrogen and oxygen atoms in total. The molecule has 1 aromatic carbocycles. The second-order valence-corrected chi connectivity index (χ2v) is 5.85. The van der Waals surface area contributed by atoms with Gasteiger partial charge in [-0.05, 0) is 39.1 Å². The minimum absolute atomic E-state index is 0.545. The van der Waals surface area contributed by atoms with E-state index in [1.807, 2.05) is 0 Å². The Morgan fingerprint density at radius 1 is 1.28 bits per heavy atom. The summed E-state index contributed by atoms with van der Waals surface area (Å²) < 4.78 is 0. The van der Waals surface area contributed by atoms with Gasteiger partial charge in [-0.1, -0.05) is 23.2 Å². The van der Waals surface area contributed by atoms with Crippen LogP contribution in [-0.2, 0) is 0 Å². The van der Waals surface area contributed by atoms with Crippen LogP contribution in [0.15, 0.2) is 12.1 Å². The lowest BCUT2D eigenvalue weighted by Gasteiger charge is -2.38. The van der Waals surface area contributed by atoms with Gasteiger partial charge in [0.25, 0.3) is 0 Å². The molecule has 5 heteroatoms. The summed E-state index contributed by atoms with van der Waals surface area (Å²) in [7, 11) is 4.22. The SMILES string of the molecule is CN(C)C1CCCN(c2c(Cl)cc(N)cc2Cl)C1. The highest BCUT2D eigenvalue weighted by molar-refractivity contribution is 6.39. The Bertz CT molecular complexity index is 411. The van der Waals surface area contributed by atoms with Gasteiger partial charge in [0.1, 0.15) is 0 Å². The van der Waals surface area contributed by atoms with E-state index in [-0.39, 0.29) is 0 Å². The summed E-state index contributed by atoms with van der Waals surface area (Å²) in [5.74, 6) is 0. The van der Waals surface area contributed by atoms with Gasteiger partial charge >= 0.3 is 0 Å². The number of nitrogens with two attached hydrogens (primary N) is 1. The molecule has 0 amide bonds. The lowest BCUT2D eigenvalue weighted by molar-refractivity contribution is 0.258. The fourth-order valence-corrected chi connectivity index (χ4v) is 3.21. The molecule has 1 heterocycles. The lowest BCUT2D eigenvalue weighted by Crippen LogP contribution is -2.45. The van der Waals surface area contributed by atoms with E-state index in [4.69, 9.17) is 28.9 Å². The molecule has 1 unspecified atom stereocenters. The first-order valence-electron chi connectivity index (χ1n) is 6.15. The molecule has 1 saturated heterocycles. The van der Waals surface area contributed by atoms with Crippen LogP contribution in [0.4, 0.5) is 11.4 Å². The van der Waals surface area contributed by atoms with Crippen molar-refractivity contribution in [2.45, 2.75) is 18.9 Å². The van der Waals surface area contributed by atoms with Crippen LogP contribution >= 0.6 is 23.2 Å². The van der Waals surface area contributed by atoms with Gasteiger partial charge in [0.05, 0.1) is 15.7 Å². The molecule has 1 aromatic rings. The topological polar surface area (TPSA) is 32.5 Å². The monoisotopic (exact) mass is 287 g/mol. The van der Waals surface area contributed by atoms with Gasteiger partial charge in [0.15, 0.2) is 0 Å². The van der Waals surface area contributed by atoms with Gasteiger partial charge in [-0.3, -0.25) is 0 Å². The molecule has 100 valence electrons. The zero-order valence-electron chi connectivity index (χ0n) is 10.8. The van der Waals surface area contributed by atoms with E-state index >= 15 is 0 Å². The van der Waals surface area contributed by atoms with Gasteiger partial charge < -0.3 is 15.5 Å². The average Bonchev–Trinajstić information content (AvgIpc) is 2.28. The number of hydrogen-bond acceptors (Lipinski definition) is 3. The quantitative estimate of drug-likeness (QED) is 0.849. The number of halogens is 2. The first-order valence-corrected chi connectivity index (χ1v) is 6.90. The van der Waals surface area contributed by atoms with E-state index in [2.05, 4.69) is 23.9 Å². The predicted molar refractivity (Wildman–Crippen MR) is 79.8 cm³/mol. The molecule has 0 radical (unpaired) electrons. The molecule has 1 aliphatic rings. The van der Waals surface area contributed by atoms with Crippen molar-refractivity contribution in [1.82, 2.24) is 4.90 Å². The summed E-state index contributed by atoms with van der Waals surface area (Å²) in [4.78, 5) is 4.52. The molecular weight excluding hydrogens is 269 g/mol. The van der Waals surface area contributed by atoms with Crippen LogP contribution in [-0.4, -0.2) is 38.1 Å². The number of anilines is 2. The van der Waals surface area contributed by atoms with E-state index in [1.54, 1.807) is 12.1 Å². The molecular formula is C13H19Cl2N3. The summed E-state index contributed by atoms with van der Waals surface area (Å²) >= 11 is 12.6. The molecule has 0 saturated carbocycles. The molecule has 1 atom stereocenters. The summed E-state index contributed by atoms with van der Waals surface area (Å²) in [6.07, 6.45) is 2.37. The Morgan fingerprint density at radius 3 is 2.44 bits per heavy atom. The standard InChI is InChI=1S/C13H19Cl2N3/c1-17(2)10-4-3-5-18(8-10)13-11(14)6-9(16)7-12(13)15/h6-7,10H,3-5,8,16H2,1-2H3. The molecule has 1 fully saturated rings. The largest absolute Gasteiger partial charge is 0.399 e. The van der Waals surface area contributed by atoms with E-state index < -0.39 is 0 Å². The molecule has 0 aromatic heterocycles. The summed E-state index contributed by atoms with van der Waals surface area (Å²) in [6, 6.07) is 4.08. The highest BCUT2D eigenvalue weighted by Gasteiger charge is 2.24. The van der Waals surface area contributed by atoms with E-state index in [9.17, 15) is 0 Å². The summed E-state index contributed by atoms with van der Waals surface area (Å²) in [6.45, 7) is 1.95. The minimum atomic E-state index is 0.545. The van der Waals surface area contributed by atoms with Gasteiger partial charge in [-0.15, -0.1) is 0 Å². The maximum absolute atomic E-state index is 6.28. The first-order chi connectivity index (χ1) is 8.49. The van der Waals surface area contributed by atoms with Gasteiger partial charge in [-0.25, -0.2) is 0 Å². The third-order valence-electron chi connectivity index (χ3n) is 3.48. The highest BCUT2D eigenvalue weighted by atomic mass is 35.5. The molecule has 18 heavy (non-hydrogen) atoms. The van der Waals surface area contributed by atoms with Crippen molar-refractivity contribution in [1.29, 1.82) is 0 Å². The number of piperidine rings is 1. The fourth-order valence-electron chi connectivity index (χ4n) is 2.47. The minimum Gasteiger partial charge on any atom is -0.399 e. The summed E-state index contributed by atoms with van der Waals surface area (Å²) in [5, 5.41) is 1.28. The van der Waals surface area contributed by atoms with Gasteiger partial charge in [0.2, 0.25) is 0 Å². The van der Waals surface area contributed by atoms with Crippen molar-refractivity contribution in [3.8, 4) is 0 Å². The van der Waals surface area contributed by atoms with Crippen LogP contribution in [0.1, 0.15) is 12.8 Å². The molecule has 0 spiro atoms. The third-order valence-corrected chi connectivity index (χ3v) is 4.06. The van der Waals surface area contributed by atoms with Crippen molar-refractivity contribution >= 4 is 34.6 Å². The zero-order valence-corrected chi connectivity index (χ0v) is 12.3. The smallest absolute Gasteiger partial charge is 0.0747 e. The van der Waals surface area contributed by atoms with Crippen molar-refractivity contribution < 1.29 is 0 Å². The van der Waals surface area contributed by atoms with E-state index in [0.717, 1.165) is 25.2 Å². The number of likely N-dealkylation sites (N-methyl/N-ethyl adjacent to an activating group) is 1. The van der Waals surface area contributed by atoms with Crippen LogP contribution < -0.4 is 10.6 Å². The molecule has 1 aliphatic heterocycles. The Hall–Kier alpha value is -0.640. The highest BCUT2D eigenvalue weighted by Crippen LogP contribution is 2.37. The molecule has 2 N–H and O–H groups in total. The second-order valence-electron chi connectivity index (χ2n) is 5.04. The Balaban J connectivity index is 2.26. The van der Waals surface area contributed by atoms with Crippen molar-refractivity contribution in [2.75, 3.05) is 37.8 Å². The molecule has 0 aliphatic carbocycles. The van der Waals surface area contributed by atoms with Crippen LogP contribution in [0, 0.1) is 0 Å². The molecule has 2 rings (SSSR count). The fraction of sp³-hybridized carbons (Fsp3) is 0.538. The van der Waals surface area contributed by atoms with Gasteiger partial charge in [0, 0.05) is 24.8 Å². The number of hydrogen-bond donors (Lipinski definition) is 1. The second kappa shape index (κ2) is 5.55. The number of nitrogens with zero attached hydrogens (tertiary/aromatic N) is 2. The van der Waals surface area contributed by atoms with Crippen molar-refractivity contribution in [2.24, 2.45) is 0 Å². The Kier molecular flexibility index (Phi) is 4.25. The van der Waals surface area contributed by atoms with Gasteiger partial charge in [-0.2, -0.15) is 0 Å². The Labute approximate surface area is 118 Å². The van der Waals surface area contributed by atoms with Crippen molar-refractivity contribution in [3.05, 3.63) is 22.2 Å². The van der Waals surface area contributed by atoms with Crippen molar-refractivity contribution in [3.63, 3.8) is 0 Å².